The van der Waals surface area contributed by atoms with Crippen molar-refractivity contribution >= 4 is 12.1 Å². The van der Waals surface area contributed by atoms with Crippen LogP contribution in [0.2, 0.25) is 0 Å². The lowest BCUT2D eigenvalue weighted by molar-refractivity contribution is -0.916. The van der Waals surface area contributed by atoms with Crippen molar-refractivity contribution in [3.63, 3.8) is 0 Å². The lowest BCUT2D eigenvalue weighted by Crippen LogP contribution is -3.00. The van der Waals surface area contributed by atoms with Gasteiger partial charge >= 0.3 is 0 Å². The zero-order valence-electron chi connectivity index (χ0n) is 10.1. The minimum atomic E-state index is -0.355. The van der Waals surface area contributed by atoms with Crippen molar-refractivity contribution in [1.82, 2.24) is 5.32 Å². The predicted molar refractivity (Wildman–Crippen MR) is 59.5 cm³/mol. The van der Waals surface area contributed by atoms with Gasteiger partial charge in [0.1, 0.15) is 19.3 Å². The SMILES string of the molecule is C[N+]1(CCCNC(=O)/C=N/O)CCOCC1.[I-]. The molecule has 1 aliphatic rings. The summed E-state index contributed by atoms with van der Waals surface area (Å²) in [5, 5.41) is 13.4. The van der Waals surface area contributed by atoms with Gasteiger partial charge in [0.05, 0.1) is 26.8 Å². The molecule has 0 radical (unpaired) electrons. The second-order valence-corrected chi connectivity index (χ2v) is 4.29. The van der Waals surface area contributed by atoms with Gasteiger partial charge in [-0.15, -0.1) is 0 Å². The summed E-state index contributed by atoms with van der Waals surface area (Å²) >= 11 is 0. The largest absolute Gasteiger partial charge is 1.00 e. The van der Waals surface area contributed by atoms with Crippen LogP contribution >= 0.6 is 0 Å². The molecule has 0 bridgehead atoms. The summed E-state index contributed by atoms with van der Waals surface area (Å²) in [4.78, 5) is 10.9. The van der Waals surface area contributed by atoms with Gasteiger partial charge in [-0.3, -0.25) is 4.79 Å². The average Bonchev–Trinajstić information content (AvgIpc) is 2.26. The third-order valence-corrected chi connectivity index (χ3v) is 2.90. The summed E-state index contributed by atoms with van der Waals surface area (Å²) in [5.41, 5.74) is 0. The maximum Gasteiger partial charge on any atom is 0.265 e. The Morgan fingerprint density at radius 3 is 2.76 bits per heavy atom. The number of rotatable bonds is 5. The summed E-state index contributed by atoms with van der Waals surface area (Å²) in [7, 11) is 2.21. The first kappa shape index (κ1) is 16.6. The van der Waals surface area contributed by atoms with Crippen molar-refractivity contribution in [2.75, 3.05) is 46.4 Å². The minimum absolute atomic E-state index is 0. The Morgan fingerprint density at radius 1 is 1.53 bits per heavy atom. The molecule has 2 N–H and O–H groups in total. The van der Waals surface area contributed by atoms with E-state index in [4.69, 9.17) is 9.94 Å². The molecule has 0 aromatic carbocycles. The van der Waals surface area contributed by atoms with Gasteiger partial charge in [-0.1, -0.05) is 5.16 Å². The zero-order chi connectivity index (χ0) is 11.9. The molecule has 0 aromatic rings. The zero-order valence-corrected chi connectivity index (χ0v) is 12.2. The van der Waals surface area contributed by atoms with Crippen LogP contribution in [0.25, 0.3) is 0 Å². The maximum absolute atomic E-state index is 10.9. The van der Waals surface area contributed by atoms with Crippen LogP contribution in [0.5, 0.6) is 0 Å². The molecular weight excluding hydrogens is 337 g/mol. The number of quaternary nitrogens is 1. The third-order valence-electron chi connectivity index (χ3n) is 2.90. The predicted octanol–water partition coefficient (Wildman–Crippen LogP) is -3.57. The molecule has 1 heterocycles. The van der Waals surface area contributed by atoms with Gasteiger partial charge in [0.25, 0.3) is 5.91 Å². The van der Waals surface area contributed by atoms with Gasteiger partial charge < -0.3 is 43.7 Å². The first-order valence-corrected chi connectivity index (χ1v) is 5.53. The Labute approximate surface area is 119 Å². The quantitative estimate of drug-likeness (QED) is 0.134. The van der Waals surface area contributed by atoms with Gasteiger partial charge in [0, 0.05) is 13.0 Å². The molecule has 100 valence electrons. The summed E-state index contributed by atoms with van der Waals surface area (Å²) in [5.74, 6) is -0.355. The van der Waals surface area contributed by atoms with Crippen LogP contribution in [-0.4, -0.2) is 68.3 Å². The van der Waals surface area contributed by atoms with E-state index in [1.54, 1.807) is 0 Å². The van der Waals surface area contributed by atoms with Crippen LogP contribution in [0.4, 0.5) is 0 Å². The minimum Gasteiger partial charge on any atom is -1.00 e. The van der Waals surface area contributed by atoms with E-state index in [0.29, 0.717) is 6.54 Å². The number of halogens is 1. The fourth-order valence-corrected chi connectivity index (χ4v) is 1.78. The van der Waals surface area contributed by atoms with Crippen molar-refractivity contribution in [3.8, 4) is 0 Å². The molecule has 1 fully saturated rings. The lowest BCUT2D eigenvalue weighted by Gasteiger charge is -2.37. The molecule has 7 heteroatoms. The highest BCUT2D eigenvalue weighted by atomic mass is 127. The van der Waals surface area contributed by atoms with Crippen LogP contribution in [-0.2, 0) is 9.53 Å². The molecule has 1 amide bonds. The number of ether oxygens (including phenoxy) is 1. The number of oxime groups is 1. The van der Waals surface area contributed by atoms with Crippen molar-refractivity contribution in [3.05, 3.63) is 0 Å². The molecule has 0 saturated carbocycles. The number of nitrogens with zero attached hydrogens (tertiary/aromatic N) is 2. The van der Waals surface area contributed by atoms with Crippen LogP contribution < -0.4 is 29.3 Å². The molecule has 1 rings (SSSR count). The van der Waals surface area contributed by atoms with Crippen LogP contribution in [0.15, 0.2) is 5.16 Å². The lowest BCUT2D eigenvalue weighted by atomic mass is 10.3. The number of carbonyl (C=O) groups is 1. The summed E-state index contributed by atoms with van der Waals surface area (Å²) in [6, 6.07) is 0. The van der Waals surface area contributed by atoms with E-state index < -0.39 is 0 Å². The van der Waals surface area contributed by atoms with Crippen molar-refractivity contribution in [1.29, 1.82) is 0 Å². The maximum atomic E-state index is 10.9. The number of likely N-dealkylation sites (N-methyl/N-ethyl adjacent to an activating group) is 1. The molecule has 6 nitrogen and oxygen atoms in total. The van der Waals surface area contributed by atoms with Crippen molar-refractivity contribution in [2.45, 2.75) is 6.42 Å². The second-order valence-electron chi connectivity index (χ2n) is 4.29. The monoisotopic (exact) mass is 357 g/mol. The number of carbonyl (C=O) groups excluding carboxylic acids is 1. The number of morpholine rings is 1. The van der Waals surface area contributed by atoms with Gasteiger partial charge in [0.2, 0.25) is 0 Å². The fraction of sp³-hybridized carbons (Fsp3) is 0.800. The van der Waals surface area contributed by atoms with Crippen molar-refractivity contribution < 1.29 is 43.2 Å². The van der Waals surface area contributed by atoms with Gasteiger partial charge in [-0.25, -0.2) is 0 Å². The molecule has 0 unspecified atom stereocenters. The summed E-state index contributed by atoms with van der Waals surface area (Å²) in [6.45, 7) is 5.34. The Morgan fingerprint density at radius 2 is 2.18 bits per heavy atom. The van der Waals surface area contributed by atoms with Crippen LogP contribution in [0, 0.1) is 0 Å². The van der Waals surface area contributed by atoms with Crippen LogP contribution in [0.3, 0.4) is 0 Å². The Hall–Kier alpha value is -0.410. The smallest absolute Gasteiger partial charge is 0.265 e. The molecule has 0 aromatic heterocycles. The Bertz CT molecular complexity index is 255. The van der Waals surface area contributed by atoms with E-state index in [1.165, 1.54) is 0 Å². The molecular formula is C10H20IN3O3. The van der Waals surface area contributed by atoms with Gasteiger partial charge in [-0.2, -0.15) is 0 Å². The van der Waals surface area contributed by atoms with E-state index in [9.17, 15) is 4.79 Å². The Balaban J connectivity index is 0.00000256. The van der Waals surface area contributed by atoms with Crippen molar-refractivity contribution in [2.24, 2.45) is 5.16 Å². The van der Waals surface area contributed by atoms with Gasteiger partial charge in [0.15, 0.2) is 0 Å². The topological polar surface area (TPSA) is 70.9 Å². The molecule has 17 heavy (non-hydrogen) atoms. The number of hydrogen-bond donors (Lipinski definition) is 2. The average molecular weight is 357 g/mol. The number of hydrogen-bond acceptors (Lipinski definition) is 4. The normalized spacial score (nSPS) is 18.6. The number of nitrogens with one attached hydrogen (secondary N) is 1. The third kappa shape index (κ3) is 6.79. The Kier molecular flexibility index (Phi) is 8.44. The van der Waals surface area contributed by atoms with E-state index in [0.717, 1.165) is 50.0 Å². The van der Waals surface area contributed by atoms with Gasteiger partial charge in [-0.05, 0) is 0 Å². The summed E-state index contributed by atoms with van der Waals surface area (Å²) < 4.78 is 6.31. The highest BCUT2D eigenvalue weighted by Gasteiger charge is 2.24. The highest BCUT2D eigenvalue weighted by molar-refractivity contribution is 6.25. The molecule has 1 aliphatic heterocycles. The number of amides is 1. The molecule has 0 aliphatic carbocycles. The first-order valence-electron chi connectivity index (χ1n) is 5.53. The molecule has 1 saturated heterocycles. The van der Waals surface area contributed by atoms with Crippen LogP contribution in [0.1, 0.15) is 6.42 Å². The highest BCUT2D eigenvalue weighted by Crippen LogP contribution is 2.07. The fourth-order valence-electron chi connectivity index (χ4n) is 1.78. The van der Waals surface area contributed by atoms with E-state index in [2.05, 4.69) is 17.5 Å². The second kappa shape index (κ2) is 8.65. The molecule has 0 spiro atoms. The van der Waals surface area contributed by atoms with E-state index in [1.807, 2.05) is 0 Å². The van der Waals surface area contributed by atoms with E-state index >= 15 is 0 Å². The first-order chi connectivity index (χ1) is 7.66. The van der Waals surface area contributed by atoms with E-state index in [-0.39, 0.29) is 29.9 Å². The standard InChI is InChI=1S/C10H19N3O3.HI/c1-13(5-7-16-8-6-13)4-2-3-11-10(14)9-12-15;/h9H,2-8H2,1H3,(H-,11,14,15);1H. The molecule has 0 atom stereocenters. The summed E-state index contributed by atoms with van der Waals surface area (Å²) in [6.07, 6.45) is 1.78.